The molecule has 24 heavy (non-hydrogen) atoms. The van der Waals surface area contributed by atoms with E-state index in [2.05, 4.69) is 5.32 Å². The Kier molecular flexibility index (Phi) is 5.58. The molecule has 0 spiro atoms. The molecule has 0 radical (unpaired) electrons. The summed E-state index contributed by atoms with van der Waals surface area (Å²) in [7, 11) is 3.39. The van der Waals surface area contributed by atoms with Gasteiger partial charge < -0.3 is 15.0 Å². The number of amides is 2. The molecule has 0 saturated carbocycles. The monoisotopic (exact) mass is 326 g/mol. The van der Waals surface area contributed by atoms with E-state index in [9.17, 15) is 9.59 Å². The maximum atomic E-state index is 12.1. The topological polar surface area (TPSA) is 58.6 Å². The van der Waals surface area contributed by atoms with Crippen LogP contribution in [0.1, 0.15) is 21.5 Å². The zero-order valence-corrected chi connectivity index (χ0v) is 14.4. The minimum Gasteiger partial charge on any atom is -0.483 e. The summed E-state index contributed by atoms with van der Waals surface area (Å²) in [4.78, 5) is 25.6. The minimum absolute atomic E-state index is 0.107. The molecule has 2 aromatic rings. The standard InChI is InChI=1S/C19H22N2O3/c1-13-7-5-6-8-16(13)20-18(22)12-24-17-11-15(10-9-14(17)2)19(23)21(3)4/h5-11H,12H2,1-4H3,(H,20,22). The molecular weight excluding hydrogens is 304 g/mol. The van der Waals surface area contributed by atoms with E-state index in [1.807, 2.05) is 44.2 Å². The largest absolute Gasteiger partial charge is 0.483 e. The maximum Gasteiger partial charge on any atom is 0.262 e. The number of benzene rings is 2. The van der Waals surface area contributed by atoms with Crippen molar-refractivity contribution in [2.24, 2.45) is 0 Å². The molecule has 0 unspecified atom stereocenters. The average molecular weight is 326 g/mol. The summed E-state index contributed by atoms with van der Waals surface area (Å²) in [6.07, 6.45) is 0. The smallest absolute Gasteiger partial charge is 0.262 e. The molecular formula is C19H22N2O3. The van der Waals surface area contributed by atoms with Gasteiger partial charge in [-0.1, -0.05) is 24.3 Å². The molecule has 5 heteroatoms. The summed E-state index contributed by atoms with van der Waals surface area (Å²) in [6, 6.07) is 12.8. The van der Waals surface area contributed by atoms with E-state index in [1.54, 1.807) is 26.2 Å². The second kappa shape index (κ2) is 7.64. The number of hydrogen-bond acceptors (Lipinski definition) is 3. The van der Waals surface area contributed by atoms with Gasteiger partial charge in [-0.15, -0.1) is 0 Å². The van der Waals surface area contributed by atoms with Crippen LogP contribution in [0.5, 0.6) is 5.75 Å². The van der Waals surface area contributed by atoms with Crippen molar-refractivity contribution in [3.63, 3.8) is 0 Å². The van der Waals surface area contributed by atoms with Crippen molar-refractivity contribution in [2.75, 3.05) is 26.0 Å². The van der Waals surface area contributed by atoms with E-state index in [0.717, 1.165) is 16.8 Å². The van der Waals surface area contributed by atoms with Crippen LogP contribution in [-0.4, -0.2) is 37.4 Å². The lowest BCUT2D eigenvalue weighted by Crippen LogP contribution is -2.22. The van der Waals surface area contributed by atoms with Gasteiger partial charge in [0, 0.05) is 25.3 Å². The number of nitrogens with one attached hydrogen (secondary N) is 1. The summed E-state index contributed by atoms with van der Waals surface area (Å²) in [5.74, 6) is 0.180. The third-order valence-corrected chi connectivity index (χ3v) is 3.62. The number of anilines is 1. The highest BCUT2D eigenvalue weighted by Gasteiger charge is 2.12. The van der Waals surface area contributed by atoms with Gasteiger partial charge in [0.1, 0.15) is 5.75 Å². The Balaban J connectivity index is 2.03. The minimum atomic E-state index is -0.243. The number of aryl methyl sites for hydroxylation is 2. The van der Waals surface area contributed by atoms with E-state index in [1.165, 1.54) is 4.90 Å². The second-order valence-corrected chi connectivity index (χ2v) is 5.83. The fourth-order valence-corrected chi connectivity index (χ4v) is 2.19. The zero-order chi connectivity index (χ0) is 17.7. The van der Waals surface area contributed by atoms with Crippen molar-refractivity contribution in [2.45, 2.75) is 13.8 Å². The predicted molar refractivity (Wildman–Crippen MR) is 94.5 cm³/mol. The Bertz CT molecular complexity index is 754. The molecule has 0 heterocycles. The lowest BCUT2D eigenvalue weighted by Gasteiger charge is -2.14. The number of rotatable bonds is 5. The fourth-order valence-electron chi connectivity index (χ4n) is 2.19. The molecule has 0 aliphatic heterocycles. The number of nitrogens with zero attached hydrogens (tertiary/aromatic N) is 1. The summed E-state index contributed by atoms with van der Waals surface area (Å²) < 4.78 is 5.60. The lowest BCUT2D eigenvalue weighted by atomic mass is 10.1. The second-order valence-electron chi connectivity index (χ2n) is 5.83. The van der Waals surface area contributed by atoms with Crippen LogP contribution in [-0.2, 0) is 4.79 Å². The molecule has 2 amide bonds. The van der Waals surface area contributed by atoms with Crippen LogP contribution in [0, 0.1) is 13.8 Å². The molecule has 2 rings (SSSR count). The van der Waals surface area contributed by atoms with Gasteiger partial charge >= 0.3 is 0 Å². The van der Waals surface area contributed by atoms with E-state index >= 15 is 0 Å². The fraction of sp³-hybridized carbons (Fsp3) is 0.263. The van der Waals surface area contributed by atoms with Crippen molar-refractivity contribution in [1.29, 1.82) is 0 Å². The number of carbonyl (C=O) groups is 2. The molecule has 2 aromatic carbocycles. The van der Waals surface area contributed by atoms with E-state index in [4.69, 9.17) is 4.74 Å². The van der Waals surface area contributed by atoms with Gasteiger partial charge in [0.15, 0.2) is 6.61 Å². The number of para-hydroxylation sites is 1. The van der Waals surface area contributed by atoms with Gasteiger partial charge in [0.05, 0.1) is 0 Å². The highest BCUT2D eigenvalue weighted by molar-refractivity contribution is 5.94. The first-order valence-electron chi connectivity index (χ1n) is 7.69. The first-order valence-corrected chi connectivity index (χ1v) is 7.69. The Labute approximate surface area is 142 Å². The molecule has 0 aliphatic carbocycles. The lowest BCUT2D eigenvalue weighted by molar-refractivity contribution is -0.118. The van der Waals surface area contributed by atoms with Crippen LogP contribution in [0.15, 0.2) is 42.5 Å². The molecule has 0 aliphatic rings. The van der Waals surface area contributed by atoms with Gasteiger partial charge in [-0.2, -0.15) is 0 Å². The Morgan fingerprint density at radius 1 is 1.04 bits per heavy atom. The first-order chi connectivity index (χ1) is 11.4. The molecule has 0 atom stereocenters. The quantitative estimate of drug-likeness (QED) is 0.919. The van der Waals surface area contributed by atoms with Gasteiger partial charge in [-0.25, -0.2) is 0 Å². The molecule has 5 nitrogen and oxygen atoms in total. The summed E-state index contributed by atoms with van der Waals surface area (Å²) in [6.45, 7) is 3.68. The third-order valence-electron chi connectivity index (χ3n) is 3.62. The van der Waals surface area contributed by atoms with E-state index < -0.39 is 0 Å². The van der Waals surface area contributed by atoms with Crippen molar-refractivity contribution >= 4 is 17.5 Å². The van der Waals surface area contributed by atoms with Crippen LogP contribution in [0.2, 0.25) is 0 Å². The van der Waals surface area contributed by atoms with Crippen LogP contribution < -0.4 is 10.1 Å². The van der Waals surface area contributed by atoms with Crippen molar-refractivity contribution in [3.05, 3.63) is 59.2 Å². The maximum absolute atomic E-state index is 12.1. The molecule has 1 N–H and O–H groups in total. The van der Waals surface area contributed by atoms with Crippen LogP contribution in [0.4, 0.5) is 5.69 Å². The average Bonchev–Trinajstić information content (AvgIpc) is 2.55. The van der Waals surface area contributed by atoms with Gasteiger partial charge in [0.2, 0.25) is 0 Å². The Morgan fingerprint density at radius 3 is 2.42 bits per heavy atom. The van der Waals surface area contributed by atoms with E-state index in [0.29, 0.717) is 11.3 Å². The highest BCUT2D eigenvalue weighted by atomic mass is 16.5. The normalized spacial score (nSPS) is 10.2. The molecule has 0 aromatic heterocycles. The molecule has 0 bridgehead atoms. The van der Waals surface area contributed by atoms with Crippen LogP contribution in [0.25, 0.3) is 0 Å². The number of hydrogen-bond donors (Lipinski definition) is 1. The van der Waals surface area contributed by atoms with Crippen LogP contribution >= 0.6 is 0 Å². The van der Waals surface area contributed by atoms with Gasteiger partial charge in [-0.3, -0.25) is 9.59 Å². The zero-order valence-electron chi connectivity index (χ0n) is 14.4. The van der Waals surface area contributed by atoms with Crippen molar-refractivity contribution in [3.8, 4) is 5.75 Å². The molecule has 126 valence electrons. The van der Waals surface area contributed by atoms with E-state index in [-0.39, 0.29) is 18.4 Å². The Hall–Kier alpha value is -2.82. The predicted octanol–water partition coefficient (Wildman–Crippen LogP) is 3.02. The van der Waals surface area contributed by atoms with Gasteiger partial charge in [-0.05, 0) is 43.2 Å². The van der Waals surface area contributed by atoms with Gasteiger partial charge in [0.25, 0.3) is 11.8 Å². The first kappa shape index (κ1) is 17.5. The molecule has 0 fully saturated rings. The number of carbonyl (C=O) groups excluding carboxylic acids is 2. The van der Waals surface area contributed by atoms with Crippen molar-refractivity contribution < 1.29 is 14.3 Å². The van der Waals surface area contributed by atoms with Crippen LogP contribution in [0.3, 0.4) is 0 Å². The summed E-state index contributed by atoms with van der Waals surface area (Å²) in [5, 5.41) is 2.82. The number of ether oxygens (including phenoxy) is 1. The summed E-state index contributed by atoms with van der Waals surface area (Å²) in [5.41, 5.74) is 3.15. The highest BCUT2D eigenvalue weighted by Crippen LogP contribution is 2.20. The third kappa shape index (κ3) is 4.35. The molecule has 0 saturated heterocycles. The van der Waals surface area contributed by atoms with Crippen molar-refractivity contribution in [1.82, 2.24) is 4.90 Å². The SMILES string of the molecule is Cc1ccccc1NC(=O)COc1cc(C(=O)N(C)C)ccc1C. The Morgan fingerprint density at radius 2 is 1.75 bits per heavy atom. The summed E-state index contributed by atoms with van der Waals surface area (Å²) >= 11 is 0.